The fraction of sp³-hybridized carbons (Fsp3) is 0.385. The molecule has 2 aromatic rings. The molecule has 0 saturated carbocycles. The number of rotatable bonds is 4. The van der Waals surface area contributed by atoms with Gasteiger partial charge in [0.25, 0.3) is 0 Å². The molecular formula is C13H15F3N6O2. The molecule has 0 radical (unpaired) electrons. The monoisotopic (exact) mass is 344 g/mol. The molecule has 0 aromatic carbocycles. The van der Waals surface area contributed by atoms with Crippen LogP contribution in [0.25, 0.3) is 0 Å². The summed E-state index contributed by atoms with van der Waals surface area (Å²) in [5.41, 5.74) is 9.85. The molecule has 0 atom stereocenters. The maximum absolute atomic E-state index is 13.1. The van der Waals surface area contributed by atoms with Gasteiger partial charge in [-0.3, -0.25) is 0 Å². The first-order valence-corrected chi connectivity index (χ1v) is 6.72. The second kappa shape index (κ2) is 6.34. The van der Waals surface area contributed by atoms with Crippen molar-refractivity contribution in [2.75, 3.05) is 18.6 Å². The number of nitrogen functional groups attached to an aromatic ring is 2. The van der Waals surface area contributed by atoms with Gasteiger partial charge in [-0.05, 0) is 0 Å². The van der Waals surface area contributed by atoms with Gasteiger partial charge >= 0.3 is 6.18 Å². The van der Waals surface area contributed by atoms with Gasteiger partial charge in [0.15, 0.2) is 11.6 Å². The second-order valence-corrected chi connectivity index (χ2v) is 5.00. The fourth-order valence-corrected chi connectivity index (χ4v) is 1.78. The van der Waals surface area contributed by atoms with Crippen LogP contribution in [-0.4, -0.2) is 27.0 Å². The minimum Gasteiger partial charge on any atom is -0.479 e. The fourth-order valence-electron chi connectivity index (χ4n) is 1.78. The molecule has 8 nitrogen and oxygen atoms in total. The van der Waals surface area contributed by atoms with Crippen molar-refractivity contribution in [3.63, 3.8) is 0 Å². The van der Waals surface area contributed by atoms with Gasteiger partial charge in [0.05, 0.1) is 13.3 Å². The van der Waals surface area contributed by atoms with E-state index in [2.05, 4.69) is 19.9 Å². The van der Waals surface area contributed by atoms with Gasteiger partial charge in [0, 0.05) is 5.92 Å². The molecule has 0 aliphatic heterocycles. The maximum atomic E-state index is 13.1. The summed E-state index contributed by atoms with van der Waals surface area (Å²) >= 11 is 0. The Balaban J connectivity index is 2.58. The summed E-state index contributed by atoms with van der Waals surface area (Å²) < 4.78 is 49.4. The van der Waals surface area contributed by atoms with Gasteiger partial charge in [-0.2, -0.15) is 18.2 Å². The third-order valence-corrected chi connectivity index (χ3v) is 2.87. The Morgan fingerprint density at radius 1 is 1.08 bits per heavy atom. The van der Waals surface area contributed by atoms with Gasteiger partial charge in [-0.1, -0.05) is 13.8 Å². The number of hydrogen-bond donors (Lipinski definition) is 2. The van der Waals surface area contributed by atoms with Crippen molar-refractivity contribution in [1.29, 1.82) is 0 Å². The minimum atomic E-state index is -4.77. The summed E-state index contributed by atoms with van der Waals surface area (Å²) in [7, 11) is 1.08. The summed E-state index contributed by atoms with van der Waals surface area (Å²) in [5.74, 6) is -1.61. The quantitative estimate of drug-likeness (QED) is 0.867. The molecule has 0 aliphatic rings. The Bertz CT molecular complexity index is 751. The molecule has 0 aliphatic carbocycles. The van der Waals surface area contributed by atoms with E-state index in [0.29, 0.717) is 0 Å². The molecule has 2 rings (SSSR count). The second-order valence-electron chi connectivity index (χ2n) is 5.00. The summed E-state index contributed by atoms with van der Waals surface area (Å²) in [5, 5.41) is 0. The zero-order valence-corrected chi connectivity index (χ0v) is 13.0. The van der Waals surface area contributed by atoms with Crippen LogP contribution in [0.4, 0.5) is 24.9 Å². The van der Waals surface area contributed by atoms with Crippen LogP contribution in [0.1, 0.15) is 31.2 Å². The van der Waals surface area contributed by atoms with Crippen LogP contribution in [0, 0.1) is 0 Å². The van der Waals surface area contributed by atoms with E-state index in [0.717, 1.165) is 13.3 Å². The number of alkyl halides is 3. The predicted molar refractivity (Wildman–Crippen MR) is 78.6 cm³/mol. The van der Waals surface area contributed by atoms with E-state index < -0.39 is 17.8 Å². The third-order valence-electron chi connectivity index (χ3n) is 2.87. The van der Waals surface area contributed by atoms with Crippen LogP contribution in [0.2, 0.25) is 0 Å². The lowest BCUT2D eigenvalue weighted by Gasteiger charge is -2.17. The van der Waals surface area contributed by atoms with Crippen molar-refractivity contribution in [1.82, 2.24) is 19.9 Å². The largest absolute Gasteiger partial charge is 0.479 e. The molecule has 130 valence electrons. The molecule has 24 heavy (non-hydrogen) atoms. The molecular weight excluding hydrogens is 329 g/mol. The zero-order valence-electron chi connectivity index (χ0n) is 13.0. The van der Waals surface area contributed by atoms with Crippen molar-refractivity contribution < 1.29 is 22.6 Å². The highest BCUT2D eigenvalue weighted by Crippen LogP contribution is 2.38. The van der Waals surface area contributed by atoms with Crippen LogP contribution in [0.5, 0.6) is 17.5 Å². The number of methoxy groups -OCH3 is 1. The van der Waals surface area contributed by atoms with E-state index in [4.69, 9.17) is 20.9 Å². The molecule has 2 aromatic heterocycles. The van der Waals surface area contributed by atoms with Crippen LogP contribution in [-0.2, 0) is 6.18 Å². The van der Waals surface area contributed by atoms with E-state index in [9.17, 15) is 13.2 Å². The molecule has 2 heterocycles. The number of hydrogen-bond acceptors (Lipinski definition) is 8. The van der Waals surface area contributed by atoms with Crippen LogP contribution in [0.3, 0.4) is 0 Å². The van der Waals surface area contributed by atoms with Gasteiger partial charge in [-0.15, -0.1) is 0 Å². The van der Waals surface area contributed by atoms with Crippen molar-refractivity contribution in [3.8, 4) is 17.5 Å². The van der Waals surface area contributed by atoms with Gasteiger partial charge < -0.3 is 20.9 Å². The molecule has 0 unspecified atom stereocenters. The topological polar surface area (TPSA) is 122 Å². The Labute approximate surface area is 135 Å². The zero-order chi connectivity index (χ0) is 18.1. The average molecular weight is 344 g/mol. The summed E-state index contributed by atoms with van der Waals surface area (Å²) in [4.78, 5) is 14.7. The number of nitrogens with zero attached hydrogens (tertiary/aromatic N) is 4. The van der Waals surface area contributed by atoms with Crippen LogP contribution >= 0.6 is 0 Å². The van der Waals surface area contributed by atoms with E-state index >= 15 is 0 Å². The smallest absolute Gasteiger partial charge is 0.438 e. The van der Waals surface area contributed by atoms with Crippen molar-refractivity contribution in [3.05, 3.63) is 17.6 Å². The Morgan fingerprint density at radius 3 is 2.25 bits per heavy atom. The minimum absolute atomic E-state index is 0.0845. The Hall–Kier alpha value is -2.85. The standard InChI is InChI=1S/C13H15F3N6O2/c1-5(2)7-10(24-6-4-19-12(18)22-9(6)17)21-8(13(14,15)16)11(20-7)23-3/h4-5H,1-3H3,(H4,17,18,19,22). The summed E-state index contributed by atoms with van der Waals surface area (Å²) in [6, 6.07) is 0. The summed E-state index contributed by atoms with van der Waals surface area (Å²) in [6.07, 6.45) is -3.63. The van der Waals surface area contributed by atoms with Gasteiger partial charge in [0.1, 0.15) is 5.69 Å². The van der Waals surface area contributed by atoms with Crippen LogP contribution < -0.4 is 20.9 Å². The van der Waals surface area contributed by atoms with E-state index in [1.54, 1.807) is 13.8 Å². The Kier molecular flexibility index (Phi) is 4.62. The predicted octanol–water partition coefficient (Wildman–Crippen LogP) is 2.37. The molecule has 4 N–H and O–H groups in total. The van der Waals surface area contributed by atoms with Gasteiger partial charge in [-0.25, -0.2) is 15.0 Å². The molecule has 0 saturated heterocycles. The maximum Gasteiger partial charge on any atom is 0.438 e. The lowest BCUT2D eigenvalue weighted by atomic mass is 10.1. The lowest BCUT2D eigenvalue weighted by Crippen LogP contribution is -2.15. The number of nitrogens with two attached hydrogens (primary N) is 2. The highest BCUT2D eigenvalue weighted by Gasteiger charge is 2.39. The highest BCUT2D eigenvalue weighted by molar-refractivity contribution is 5.49. The van der Waals surface area contributed by atoms with Crippen LogP contribution in [0.15, 0.2) is 6.20 Å². The SMILES string of the molecule is COc1nc(C(C)C)c(Oc2cnc(N)nc2N)nc1C(F)(F)F. The van der Waals surface area contributed by atoms with E-state index in [1.807, 2.05) is 0 Å². The molecule has 11 heteroatoms. The molecule has 0 bridgehead atoms. The van der Waals surface area contributed by atoms with Crippen molar-refractivity contribution in [2.45, 2.75) is 25.9 Å². The number of anilines is 2. The lowest BCUT2D eigenvalue weighted by molar-refractivity contribution is -0.143. The van der Waals surface area contributed by atoms with Crippen molar-refractivity contribution in [2.24, 2.45) is 0 Å². The molecule has 0 fully saturated rings. The first-order valence-electron chi connectivity index (χ1n) is 6.72. The molecule has 0 amide bonds. The van der Waals surface area contributed by atoms with Crippen molar-refractivity contribution >= 4 is 11.8 Å². The normalized spacial score (nSPS) is 11.6. The van der Waals surface area contributed by atoms with E-state index in [-0.39, 0.29) is 35.0 Å². The molecule has 0 spiro atoms. The number of aromatic nitrogens is 4. The highest BCUT2D eigenvalue weighted by atomic mass is 19.4. The average Bonchev–Trinajstić information content (AvgIpc) is 2.48. The third kappa shape index (κ3) is 3.55. The van der Waals surface area contributed by atoms with E-state index in [1.165, 1.54) is 0 Å². The number of ether oxygens (including phenoxy) is 2. The first-order chi connectivity index (χ1) is 11.1. The van der Waals surface area contributed by atoms with Gasteiger partial charge in [0.2, 0.25) is 23.4 Å². The Morgan fingerprint density at radius 2 is 1.75 bits per heavy atom. The number of halogens is 3. The summed E-state index contributed by atoms with van der Waals surface area (Å²) in [6.45, 7) is 3.43. The first kappa shape index (κ1) is 17.5.